The van der Waals surface area contributed by atoms with Gasteiger partial charge in [-0.3, -0.25) is 0 Å². The van der Waals surface area contributed by atoms with Crippen LogP contribution in [0.3, 0.4) is 0 Å². The number of guanidine groups is 1. The molecule has 0 aliphatic carbocycles. The van der Waals surface area contributed by atoms with Crippen molar-refractivity contribution in [1.82, 2.24) is 20.4 Å². The Balaban J connectivity index is 0.00000450. The molecule has 0 fully saturated rings. The highest BCUT2D eigenvalue weighted by Crippen LogP contribution is 2.19. The fourth-order valence-electron chi connectivity index (χ4n) is 3.62. The van der Waals surface area contributed by atoms with E-state index < -0.39 is 0 Å². The van der Waals surface area contributed by atoms with E-state index >= 15 is 0 Å². The van der Waals surface area contributed by atoms with Gasteiger partial charge in [-0.2, -0.15) is 5.10 Å². The first-order valence-electron chi connectivity index (χ1n) is 10.7. The maximum absolute atomic E-state index is 9.34. The standard InChI is InChI=1S/C23H37N5O.HI/c1-6-24-23(25-15-20(12-13-29)14-17(2)3)26-16-22-18(4)27-28(19(22)5)21-10-8-7-9-11-21;/h7-11,17,20,29H,6,12-16H2,1-5H3,(H2,24,25,26);1H. The number of rotatable bonds is 10. The molecular formula is C23H38IN5O. The summed E-state index contributed by atoms with van der Waals surface area (Å²) in [6.07, 6.45) is 1.90. The van der Waals surface area contributed by atoms with Crippen LogP contribution >= 0.6 is 24.0 Å². The minimum atomic E-state index is 0. The molecule has 1 aromatic carbocycles. The molecule has 2 rings (SSSR count). The van der Waals surface area contributed by atoms with Crippen molar-refractivity contribution in [3.05, 3.63) is 47.3 Å². The zero-order valence-corrected chi connectivity index (χ0v) is 21.3. The van der Waals surface area contributed by atoms with Gasteiger partial charge in [0.2, 0.25) is 0 Å². The fraction of sp³-hybridized carbons (Fsp3) is 0.565. The van der Waals surface area contributed by atoms with Crippen molar-refractivity contribution in [2.24, 2.45) is 16.8 Å². The molecule has 0 amide bonds. The summed E-state index contributed by atoms with van der Waals surface area (Å²) in [5, 5.41) is 20.8. The van der Waals surface area contributed by atoms with Crippen molar-refractivity contribution in [3.63, 3.8) is 0 Å². The summed E-state index contributed by atoms with van der Waals surface area (Å²) in [5.41, 5.74) is 4.34. The molecule has 3 N–H and O–H groups in total. The molecule has 0 bridgehead atoms. The van der Waals surface area contributed by atoms with Crippen LogP contribution in [0.4, 0.5) is 0 Å². The molecule has 1 atom stereocenters. The van der Waals surface area contributed by atoms with E-state index in [1.807, 2.05) is 29.8 Å². The lowest BCUT2D eigenvalue weighted by molar-refractivity contribution is 0.243. The van der Waals surface area contributed by atoms with Gasteiger partial charge in [0.1, 0.15) is 0 Å². The zero-order chi connectivity index (χ0) is 21.2. The number of benzene rings is 1. The Labute approximate surface area is 198 Å². The van der Waals surface area contributed by atoms with E-state index in [0.29, 0.717) is 18.4 Å². The second-order valence-electron chi connectivity index (χ2n) is 7.98. The van der Waals surface area contributed by atoms with Crippen LogP contribution in [0, 0.1) is 25.7 Å². The predicted octanol–water partition coefficient (Wildman–Crippen LogP) is 4.21. The monoisotopic (exact) mass is 527 g/mol. The highest BCUT2D eigenvalue weighted by Gasteiger charge is 2.14. The van der Waals surface area contributed by atoms with Gasteiger partial charge < -0.3 is 15.7 Å². The summed E-state index contributed by atoms with van der Waals surface area (Å²) in [5.74, 6) is 1.86. The van der Waals surface area contributed by atoms with E-state index in [4.69, 9.17) is 10.1 Å². The molecule has 30 heavy (non-hydrogen) atoms. The molecule has 168 valence electrons. The van der Waals surface area contributed by atoms with E-state index in [1.54, 1.807) is 0 Å². The molecular weight excluding hydrogens is 489 g/mol. The van der Waals surface area contributed by atoms with E-state index in [2.05, 4.69) is 50.5 Å². The molecule has 0 aliphatic rings. The van der Waals surface area contributed by atoms with Gasteiger partial charge in [0, 0.05) is 31.0 Å². The first kappa shape index (κ1) is 26.4. The second kappa shape index (κ2) is 13.6. The van der Waals surface area contributed by atoms with E-state index in [-0.39, 0.29) is 30.6 Å². The number of aliphatic imine (C=N–C) groups is 1. The van der Waals surface area contributed by atoms with Gasteiger partial charge in [-0.05, 0) is 57.6 Å². The van der Waals surface area contributed by atoms with E-state index in [1.165, 1.54) is 0 Å². The number of aliphatic hydroxyl groups excluding tert-OH is 1. The molecule has 1 heterocycles. The van der Waals surface area contributed by atoms with Gasteiger partial charge in [0.25, 0.3) is 0 Å². The number of aromatic nitrogens is 2. The van der Waals surface area contributed by atoms with Crippen LogP contribution in [0.15, 0.2) is 35.3 Å². The highest BCUT2D eigenvalue weighted by atomic mass is 127. The number of halogens is 1. The van der Waals surface area contributed by atoms with Gasteiger partial charge >= 0.3 is 0 Å². The Morgan fingerprint density at radius 1 is 1.17 bits per heavy atom. The number of hydrogen-bond acceptors (Lipinski definition) is 3. The van der Waals surface area contributed by atoms with Crippen molar-refractivity contribution in [1.29, 1.82) is 0 Å². The Hall–Kier alpha value is -1.61. The average Bonchev–Trinajstić information content (AvgIpc) is 2.98. The minimum Gasteiger partial charge on any atom is -0.396 e. The number of nitrogens with one attached hydrogen (secondary N) is 2. The molecule has 0 saturated heterocycles. The Morgan fingerprint density at radius 2 is 1.87 bits per heavy atom. The van der Waals surface area contributed by atoms with Crippen molar-refractivity contribution in [2.45, 2.75) is 54.0 Å². The lowest BCUT2D eigenvalue weighted by atomic mass is 9.94. The number of nitrogens with zero attached hydrogens (tertiary/aromatic N) is 3. The van der Waals surface area contributed by atoms with Crippen LogP contribution in [-0.4, -0.2) is 40.5 Å². The topological polar surface area (TPSA) is 74.5 Å². The predicted molar refractivity (Wildman–Crippen MR) is 136 cm³/mol. The van der Waals surface area contributed by atoms with Crippen LogP contribution in [0.25, 0.3) is 5.69 Å². The molecule has 2 aromatic rings. The van der Waals surface area contributed by atoms with Crippen molar-refractivity contribution >= 4 is 29.9 Å². The molecule has 6 nitrogen and oxygen atoms in total. The third kappa shape index (κ3) is 7.91. The van der Waals surface area contributed by atoms with Crippen LogP contribution in [0.2, 0.25) is 0 Å². The number of hydrogen-bond donors (Lipinski definition) is 3. The molecule has 0 radical (unpaired) electrons. The van der Waals surface area contributed by atoms with Gasteiger partial charge in [0.15, 0.2) is 5.96 Å². The van der Waals surface area contributed by atoms with E-state index in [0.717, 1.165) is 54.5 Å². The smallest absolute Gasteiger partial charge is 0.191 e. The normalized spacial score (nSPS) is 12.6. The first-order chi connectivity index (χ1) is 14.0. The molecule has 1 unspecified atom stereocenters. The summed E-state index contributed by atoms with van der Waals surface area (Å²) in [4.78, 5) is 4.80. The number of aliphatic hydroxyl groups is 1. The van der Waals surface area contributed by atoms with Gasteiger partial charge in [-0.15, -0.1) is 24.0 Å². The average molecular weight is 527 g/mol. The summed E-state index contributed by atoms with van der Waals surface area (Å²) in [6.45, 7) is 13.1. The maximum Gasteiger partial charge on any atom is 0.191 e. The van der Waals surface area contributed by atoms with Crippen LogP contribution < -0.4 is 10.6 Å². The zero-order valence-electron chi connectivity index (χ0n) is 19.0. The quantitative estimate of drug-likeness (QED) is 0.246. The summed E-state index contributed by atoms with van der Waals surface area (Å²) >= 11 is 0. The summed E-state index contributed by atoms with van der Waals surface area (Å²) in [6, 6.07) is 10.2. The van der Waals surface area contributed by atoms with Crippen molar-refractivity contribution in [2.75, 3.05) is 19.7 Å². The largest absolute Gasteiger partial charge is 0.396 e. The molecule has 0 spiro atoms. The lowest BCUT2D eigenvalue weighted by Crippen LogP contribution is -2.40. The summed E-state index contributed by atoms with van der Waals surface area (Å²) < 4.78 is 1.99. The second-order valence-corrected chi connectivity index (χ2v) is 7.98. The molecule has 0 saturated carbocycles. The summed E-state index contributed by atoms with van der Waals surface area (Å²) in [7, 11) is 0. The SMILES string of the molecule is CCNC(=NCc1c(C)nn(-c2ccccc2)c1C)NCC(CCO)CC(C)C.I. The lowest BCUT2D eigenvalue weighted by Gasteiger charge is -2.20. The maximum atomic E-state index is 9.34. The van der Waals surface area contributed by atoms with Crippen LogP contribution in [-0.2, 0) is 6.54 Å². The van der Waals surface area contributed by atoms with Gasteiger partial charge in [0.05, 0.1) is 17.9 Å². The third-order valence-corrected chi connectivity index (χ3v) is 5.08. The number of aryl methyl sites for hydroxylation is 1. The van der Waals surface area contributed by atoms with Gasteiger partial charge in [-0.25, -0.2) is 9.67 Å². The molecule has 1 aromatic heterocycles. The first-order valence-corrected chi connectivity index (χ1v) is 10.7. The Morgan fingerprint density at radius 3 is 2.47 bits per heavy atom. The van der Waals surface area contributed by atoms with E-state index in [9.17, 15) is 5.11 Å². The minimum absolute atomic E-state index is 0. The Kier molecular flexibility index (Phi) is 12.0. The van der Waals surface area contributed by atoms with Crippen molar-refractivity contribution in [3.8, 4) is 5.69 Å². The molecule has 0 aliphatic heterocycles. The number of para-hydroxylation sites is 1. The van der Waals surface area contributed by atoms with Crippen molar-refractivity contribution < 1.29 is 5.11 Å². The van der Waals surface area contributed by atoms with Gasteiger partial charge in [-0.1, -0.05) is 32.0 Å². The highest BCUT2D eigenvalue weighted by molar-refractivity contribution is 14.0. The Bertz CT molecular complexity index is 773. The van der Waals surface area contributed by atoms with Crippen LogP contribution in [0.1, 0.15) is 50.6 Å². The van der Waals surface area contributed by atoms with Crippen LogP contribution in [0.5, 0.6) is 0 Å². The molecule has 7 heteroatoms. The fourth-order valence-corrected chi connectivity index (χ4v) is 3.62. The third-order valence-electron chi connectivity index (χ3n) is 5.08.